The van der Waals surface area contributed by atoms with Crippen LogP contribution in [0.2, 0.25) is 0 Å². The molecule has 1 N–H and O–H groups in total. The number of fused-ring (bicyclic) bond motifs is 1. The van der Waals surface area contributed by atoms with Crippen molar-refractivity contribution in [2.75, 3.05) is 11.9 Å². The van der Waals surface area contributed by atoms with Crippen molar-refractivity contribution < 1.29 is 4.74 Å². The predicted molar refractivity (Wildman–Crippen MR) is 86.7 cm³/mol. The minimum atomic E-state index is 0.686. The molecule has 3 nitrogen and oxygen atoms in total. The number of ether oxygens (including phenoxy) is 1. The number of hydrogen-bond acceptors (Lipinski definition) is 3. The van der Waals surface area contributed by atoms with Crippen LogP contribution in [0.5, 0.6) is 5.75 Å². The second-order valence-electron chi connectivity index (χ2n) is 4.84. The normalized spacial score (nSPS) is 10.5. The van der Waals surface area contributed by atoms with Gasteiger partial charge >= 0.3 is 0 Å². The van der Waals surface area contributed by atoms with Crippen LogP contribution in [0.4, 0.5) is 5.69 Å². The Morgan fingerprint density at radius 3 is 2.90 bits per heavy atom. The minimum absolute atomic E-state index is 0.686. The zero-order valence-electron chi connectivity index (χ0n) is 12.0. The lowest BCUT2D eigenvalue weighted by atomic mass is 10.1. The van der Waals surface area contributed by atoms with E-state index in [1.165, 1.54) is 10.9 Å². The SMILES string of the molecule is CCOc1cccc(CNc2cccc3ccncc23)c1. The molecule has 3 rings (SSSR count). The second-order valence-corrected chi connectivity index (χ2v) is 4.84. The summed E-state index contributed by atoms with van der Waals surface area (Å²) < 4.78 is 5.53. The second kappa shape index (κ2) is 6.27. The Hall–Kier alpha value is -2.55. The lowest BCUT2D eigenvalue weighted by molar-refractivity contribution is 0.340. The van der Waals surface area contributed by atoms with Crippen LogP contribution in [-0.2, 0) is 6.54 Å². The monoisotopic (exact) mass is 278 g/mol. The van der Waals surface area contributed by atoms with Crippen molar-refractivity contribution in [2.45, 2.75) is 13.5 Å². The average Bonchev–Trinajstić information content (AvgIpc) is 2.53. The number of nitrogens with one attached hydrogen (secondary N) is 1. The average molecular weight is 278 g/mol. The maximum absolute atomic E-state index is 5.53. The van der Waals surface area contributed by atoms with E-state index < -0.39 is 0 Å². The Kier molecular flexibility index (Phi) is 4.01. The third-order valence-corrected chi connectivity index (χ3v) is 3.38. The van der Waals surface area contributed by atoms with Crippen LogP contribution in [0.1, 0.15) is 12.5 Å². The molecule has 21 heavy (non-hydrogen) atoms. The van der Waals surface area contributed by atoms with Gasteiger partial charge in [0.15, 0.2) is 0 Å². The van der Waals surface area contributed by atoms with Crippen molar-refractivity contribution in [3.05, 3.63) is 66.5 Å². The number of hydrogen-bond donors (Lipinski definition) is 1. The van der Waals surface area contributed by atoms with E-state index in [1.54, 1.807) is 0 Å². The van der Waals surface area contributed by atoms with E-state index in [0.29, 0.717) is 6.61 Å². The lowest BCUT2D eigenvalue weighted by Gasteiger charge is -2.10. The number of benzene rings is 2. The van der Waals surface area contributed by atoms with Crippen LogP contribution in [0, 0.1) is 0 Å². The van der Waals surface area contributed by atoms with Crippen LogP contribution in [-0.4, -0.2) is 11.6 Å². The van der Waals surface area contributed by atoms with Gasteiger partial charge in [-0.25, -0.2) is 0 Å². The first-order chi connectivity index (χ1) is 10.4. The molecule has 0 aliphatic heterocycles. The molecule has 0 saturated heterocycles. The zero-order chi connectivity index (χ0) is 14.5. The van der Waals surface area contributed by atoms with Crippen LogP contribution < -0.4 is 10.1 Å². The highest BCUT2D eigenvalue weighted by molar-refractivity contribution is 5.93. The molecule has 1 aromatic heterocycles. The maximum Gasteiger partial charge on any atom is 0.119 e. The Balaban J connectivity index is 1.79. The van der Waals surface area contributed by atoms with Gasteiger partial charge in [0.25, 0.3) is 0 Å². The molecule has 2 aromatic carbocycles. The van der Waals surface area contributed by atoms with Gasteiger partial charge in [-0.05, 0) is 42.1 Å². The number of rotatable bonds is 5. The van der Waals surface area contributed by atoms with Gasteiger partial charge in [-0.1, -0.05) is 24.3 Å². The predicted octanol–water partition coefficient (Wildman–Crippen LogP) is 4.25. The van der Waals surface area contributed by atoms with Crippen molar-refractivity contribution >= 4 is 16.5 Å². The Labute approximate surface area is 124 Å². The number of aromatic nitrogens is 1. The molecule has 0 unspecified atom stereocenters. The van der Waals surface area contributed by atoms with Crippen molar-refractivity contribution in [3.63, 3.8) is 0 Å². The van der Waals surface area contributed by atoms with Gasteiger partial charge in [-0.2, -0.15) is 0 Å². The molecule has 0 spiro atoms. The Morgan fingerprint density at radius 1 is 1.10 bits per heavy atom. The molecular weight excluding hydrogens is 260 g/mol. The van der Waals surface area contributed by atoms with E-state index in [2.05, 4.69) is 40.6 Å². The highest BCUT2D eigenvalue weighted by Gasteiger charge is 2.01. The third kappa shape index (κ3) is 3.14. The smallest absolute Gasteiger partial charge is 0.119 e. The highest BCUT2D eigenvalue weighted by Crippen LogP contribution is 2.23. The van der Waals surface area contributed by atoms with E-state index in [4.69, 9.17) is 4.74 Å². The molecule has 0 amide bonds. The fraction of sp³-hybridized carbons (Fsp3) is 0.167. The highest BCUT2D eigenvalue weighted by atomic mass is 16.5. The first-order valence-electron chi connectivity index (χ1n) is 7.15. The zero-order valence-corrected chi connectivity index (χ0v) is 12.0. The standard InChI is InChI=1S/C18H18N2O/c1-2-21-16-7-3-5-14(11-16)12-20-18-8-4-6-15-9-10-19-13-17(15)18/h3-11,13,20H,2,12H2,1H3. The van der Waals surface area contributed by atoms with Gasteiger partial charge in [0.1, 0.15) is 5.75 Å². The molecule has 0 saturated carbocycles. The van der Waals surface area contributed by atoms with Gasteiger partial charge in [-0.3, -0.25) is 4.98 Å². The van der Waals surface area contributed by atoms with Gasteiger partial charge in [-0.15, -0.1) is 0 Å². The summed E-state index contributed by atoms with van der Waals surface area (Å²) in [6, 6.07) is 16.4. The molecule has 3 heteroatoms. The van der Waals surface area contributed by atoms with E-state index in [1.807, 2.05) is 37.5 Å². The summed E-state index contributed by atoms with van der Waals surface area (Å²) in [4.78, 5) is 4.21. The summed E-state index contributed by atoms with van der Waals surface area (Å²) in [6.07, 6.45) is 3.71. The summed E-state index contributed by atoms with van der Waals surface area (Å²) in [5, 5.41) is 5.81. The molecule has 1 heterocycles. The topological polar surface area (TPSA) is 34.1 Å². The third-order valence-electron chi connectivity index (χ3n) is 3.38. The molecule has 0 aliphatic rings. The van der Waals surface area contributed by atoms with Gasteiger partial charge in [0.05, 0.1) is 6.61 Å². The molecule has 0 radical (unpaired) electrons. The fourth-order valence-corrected chi connectivity index (χ4v) is 2.38. The largest absolute Gasteiger partial charge is 0.494 e. The van der Waals surface area contributed by atoms with Crippen LogP contribution in [0.25, 0.3) is 10.8 Å². The van der Waals surface area contributed by atoms with Gasteiger partial charge in [0.2, 0.25) is 0 Å². The maximum atomic E-state index is 5.53. The van der Waals surface area contributed by atoms with Crippen LogP contribution in [0.3, 0.4) is 0 Å². The summed E-state index contributed by atoms with van der Waals surface area (Å²) in [7, 11) is 0. The molecule has 0 fully saturated rings. The molecular formula is C18H18N2O. The summed E-state index contributed by atoms with van der Waals surface area (Å²) in [5.41, 5.74) is 2.30. The van der Waals surface area contributed by atoms with Gasteiger partial charge in [0, 0.05) is 30.0 Å². The molecule has 106 valence electrons. The summed E-state index contributed by atoms with van der Waals surface area (Å²) in [5.74, 6) is 0.913. The lowest BCUT2D eigenvalue weighted by Crippen LogP contribution is -2.01. The first kappa shape index (κ1) is 13.4. The van der Waals surface area contributed by atoms with Crippen molar-refractivity contribution in [2.24, 2.45) is 0 Å². The minimum Gasteiger partial charge on any atom is -0.494 e. The van der Waals surface area contributed by atoms with Crippen LogP contribution >= 0.6 is 0 Å². The number of anilines is 1. The fourth-order valence-electron chi connectivity index (χ4n) is 2.38. The number of nitrogens with zero attached hydrogens (tertiary/aromatic N) is 1. The van der Waals surface area contributed by atoms with E-state index in [0.717, 1.165) is 23.4 Å². The van der Waals surface area contributed by atoms with Crippen molar-refractivity contribution in [3.8, 4) is 5.75 Å². The van der Waals surface area contributed by atoms with Crippen LogP contribution in [0.15, 0.2) is 60.9 Å². The first-order valence-corrected chi connectivity index (χ1v) is 7.15. The van der Waals surface area contributed by atoms with E-state index in [-0.39, 0.29) is 0 Å². The van der Waals surface area contributed by atoms with E-state index in [9.17, 15) is 0 Å². The van der Waals surface area contributed by atoms with Gasteiger partial charge < -0.3 is 10.1 Å². The molecule has 0 bridgehead atoms. The summed E-state index contributed by atoms with van der Waals surface area (Å²) in [6.45, 7) is 3.44. The van der Waals surface area contributed by atoms with Crippen molar-refractivity contribution in [1.82, 2.24) is 4.98 Å². The number of pyridine rings is 1. The quantitative estimate of drug-likeness (QED) is 0.757. The van der Waals surface area contributed by atoms with Crippen molar-refractivity contribution in [1.29, 1.82) is 0 Å². The molecule has 0 atom stereocenters. The summed E-state index contributed by atoms with van der Waals surface area (Å²) >= 11 is 0. The molecule has 0 aliphatic carbocycles. The Bertz CT molecular complexity index is 735. The van der Waals surface area contributed by atoms with E-state index >= 15 is 0 Å². The Morgan fingerprint density at radius 2 is 2.00 bits per heavy atom. The molecule has 3 aromatic rings.